The number of carboxylic acids is 1. The molecule has 18 heavy (non-hydrogen) atoms. The topological polar surface area (TPSA) is 72.3 Å². The van der Waals surface area contributed by atoms with Gasteiger partial charge in [0, 0.05) is 16.2 Å². The molecule has 2 aromatic rings. The van der Waals surface area contributed by atoms with Crippen molar-refractivity contribution in [2.24, 2.45) is 0 Å². The number of aromatic nitrogens is 2. The number of halogens is 1. The van der Waals surface area contributed by atoms with Crippen molar-refractivity contribution in [3.8, 4) is 11.6 Å². The van der Waals surface area contributed by atoms with Crippen LogP contribution in [0.25, 0.3) is 0 Å². The summed E-state index contributed by atoms with van der Waals surface area (Å²) in [7, 11) is 0. The number of aryl methyl sites for hydroxylation is 1. The van der Waals surface area contributed by atoms with Crippen molar-refractivity contribution in [3.05, 3.63) is 46.3 Å². The molecular formula is C12H9BrN2O3. The first-order valence-electron chi connectivity index (χ1n) is 5.05. The maximum absolute atomic E-state index is 11.1. The van der Waals surface area contributed by atoms with Crippen molar-refractivity contribution < 1.29 is 14.6 Å². The molecule has 0 spiro atoms. The fourth-order valence-corrected chi connectivity index (χ4v) is 1.70. The third kappa shape index (κ3) is 2.84. The maximum atomic E-state index is 11.1. The van der Waals surface area contributed by atoms with Crippen LogP contribution in [0.4, 0.5) is 0 Å². The molecule has 0 bridgehead atoms. The molecule has 0 amide bonds. The van der Waals surface area contributed by atoms with E-state index in [1.165, 1.54) is 12.4 Å². The highest BCUT2D eigenvalue weighted by Crippen LogP contribution is 2.27. The highest BCUT2D eigenvalue weighted by Gasteiger charge is 2.13. The van der Waals surface area contributed by atoms with E-state index in [-0.39, 0.29) is 11.3 Å². The largest absolute Gasteiger partial charge is 0.478 e. The molecular weight excluding hydrogens is 300 g/mol. The zero-order chi connectivity index (χ0) is 13.1. The Morgan fingerprint density at radius 2 is 2.11 bits per heavy atom. The van der Waals surface area contributed by atoms with Gasteiger partial charge in [-0.3, -0.25) is 0 Å². The molecule has 0 aliphatic heterocycles. The molecule has 0 aliphatic carbocycles. The Balaban J connectivity index is 2.39. The molecule has 0 aliphatic rings. The molecule has 6 heteroatoms. The van der Waals surface area contributed by atoms with Crippen LogP contribution in [0.2, 0.25) is 0 Å². The molecule has 2 rings (SSSR count). The fraction of sp³-hybridized carbons (Fsp3) is 0.0833. The van der Waals surface area contributed by atoms with Crippen molar-refractivity contribution in [2.75, 3.05) is 0 Å². The molecule has 1 N–H and O–H groups in total. The quantitative estimate of drug-likeness (QED) is 0.943. The lowest BCUT2D eigenvalue weighted by Gasteiger charge is -2.08. The van der Waals surface area contributed by atoms with E-state index >= 15 is 0 Å². The van der Waals surface area contributed by atoms with Gasteiger partial charge in [-0.1, -0.05) is 15.9 Å². The molecule has 92 valence electrons. The molecule has 1 aromatic carbocycles. The number of carbonyl (C=O) groups is 1. The van der Waals surface area contributed by atoms with E-state index in [1.807, 2.05) is 0 Å². The van der Waals surface area contributed by atoms with Gasteiger partial charge in [-0.05, 0) is 25.1 Å². The van der Waals surface area contributed by atoms with Crippen molar-refractivity contribution in [1.29, 1.82) is 0 Å². The summed E-state index contributed by atoms with van der Waals surface area (Å²) in [6.07, 6.45) is 1.36. The van der Waals surface area contributed by atoms with Gasteiger partial charge >= 0.3 is 5.97 Å². The standard InChI is InChI=1S/C12H9BrN2O3/c1-7-4-11(15-6-14-7)18-10-5-8(13)2-3-9(10)12(16)17/h2-6H,1H3,(H,16,17). The first kappa shape index (κ1) is 12.5. The predicted octanol–water partition coefficient (Wildman–Crippen LogP) is 3.04. The molecule has 0 saturated heterocycles. The molecule has 0 unspecified atom stereocenters. The number of ether oxygens (including phenoxy) is 1. The van der Waals surface area contributed by atoms with Crippen molar-refractivity contribution in [2.45, 2.75) is 6.92 Å². The second kappa shape index (κ2) is 5.14. The number of hydrogen-bond acceptors (Lipinski definition) is 4. The van der Waals surface area contributed by atoms with E-state index < -0.39 is 5.97 Å². The van der Waals surface area contributed by atoms with Gasteiger partial charge in [0.05, 0.1) is 0 Å². The number of rotatable bonds is 3. The van der Waals surface area contributed by atoms with Crippen molar-refractivity contribution >= 4 is 21.9 Å². The maximum Gasteiger partial charge on any atom is 0.339 e. The van der Waals surface area contributed by atoms with Crippen LogP contribution in [0.15, 0.2) is 35.1 Å². The van der Waals surface area contributed by atoms with Crippen molar-refractivity contribution in [3.63, 3.8) is 0 Å². The smallest absolute Gasteiger partial charge is 0.339 e. The van der Waals surface area contributed by atoms with Crippen LogP contribution in [-0.2, 0) is 0 Å². The normalized spacial score (nSPS) is 10.1. The van der Waals surface area contributed by atoms with Gasteiger partial charge in [-0.2, -0.15) is 0 Å². The Morgan fingerprint density at radius 3 is 2.78 bits per heavy atom. The number of hydrogen-bond donors (Lipinski definition) is 1. The monoisotopic (exact) mass is 308 g/mol. The zero-order valence-corrected chi connectivity index (χ0v) is 11.0. The van der Waals surface area contributed by atoms with Gasteiger partial charge in [-0.15, -0.1) is 0 Å². The number of nitrogens with zero attached hydrogens (tertiary/aromatic N) is 2. The Hall–Kier alpha value is -1.95. The molecule has 0 atom stereocenters. The lowest BCUT2D eigenvalue weighted by molar-refractivity contribution is 0.0694. The lowest BCUT2D eigenvalue weighted by Crippen LogP contribution is -2.00. The van der Waals surface area contributed by atoms with E-state index in [4.69, 9.17) is 9.84 Å². The molecule has 0 fully saturated rings. The Bertz CT molecular complexity index is 602. The zero-order valence-electron chi connectivity index (χ0n) is 9.42. The van der Waals surface area contributed by atoms with Crippen LogP contribution in [0.5, 0.6) is 11.6 Å². The summed E-state index contributed by atoms with van der Waals surface area (Å²) < 4.78 is 6.20. The number of carboxylic acid groups (broad SMARTS) is 1. The van der Waals surface area contributed by atoms with Crippen LogP contribution < -0.4 is 4.74 Å². The Morgan fingerprint density at radius 1 is 1.33 bits per heavy atom. The van der Waals surface area contributed by atoms with Gasteiger partial charge in [0.25, 0.3) is 0 Å². The molecule has 0 saturated carbocycles. The summed E-state index contributed by atoms with van der Waals surface area (Å²) in [4.78, 5) is 18.9. The minimum atomic E-state index is -1.05. The fourth-order valence-electron chi connectivity index (χ4n) is 1.36. The molecule has 1 heterocycles. The minimum Gasteiger partial charge on any atom is -0.478 e. The van der Waals surface area contributed by atoms with E-state index in [1.54, 1.807) is 25.1 Å². The Labute approximate surface area is 112 Å². The number of aromatic carboxylic acids is 1. The van der Waals surface area contributed by atoms with E-state index in [9.17, 15) is 4.79 Å². The summed E-state index contributed by atoms with van der Waals surface area (Å²) in [5.41, 5.74) is 0.821. The molecule has 1 aromatic heterocycles. The van der Waals surface area contributed by atoms with Gasteiger partial charge in [0.2, 0.25) is 5.88 Å². The van der Waals surface area contributed by atoms with E-state index in [0.717, 1.165) is 10.2 Å². The van der Waals surface area contributed by atoms with Crippen LogP contribution in [0.3, 0.4) is 0 Å². The van der Waals surface area contributed by atoms with Gasteiger partial charge < -0.3 is 9.84 Å². The molecule has 0 radical (unpaired) electrons. The summed E-state index contributed by atoms with van der Waals surface area (Å²) in [6, 6.07) is 6.32. The van der Waals surface area contributed by atoms with E-state index in [0.29, 0.717) is 5.88 Å². The highest BCUT2D eigenvalue weighted by atomic mass is 79.9. The lowest BCUT2D eigenvalue weighted by atomic mass is 10.2. The summed E-state index contributed by atoms with van der Waals surface area (Å²) >= 11 is 3.27. The van der Waals surface area contributed by atoms with Crippen LogP contribution in [-0.4, -0.2) is 21.0 Å². The highest BCUT2D eigenvalue weighted by molar-refractivity contribution is 9.10. The SMILES string of the molecule is Cc1cc(Oc2cc(Br)ccc2C(=O)O)ncn1. The first-order chi connectivity index (χ1) is 8.56. The molecule has 5 nitrogen and oxygen atoms in total. The Kier molecular flexibility index (Phi) is 3.57. The minimum absolute atomic E-state index is 0.0782. The van der Waals surface area contributed by atoms with Gasteiger partial charge in [0.1, 0.15) is 17.6 Å². The van der Waals surface area contributed by atoms with Crippen molar-refractivity contribution in [1.82, 2.24) is 9.97 Å². The average Bonchev–Trinajstić information content (AvgIpc) is 2.28. The summed E-state index contributed by atoms with van der Waals surface area (Å²) in [5, 5.41) is 9.06. The van der Waals surface area contributed by atoms with Crippen LogP contribution in [0.1, 0.15) is 16.1 Å². The third-order valence-electron chi connectivity index (χ3n) is 2.17. The van der Waals surface area contributed by atoms with Crippen LogP contribution >= 0.6 is 15.9 Å². The third-order valence-corrected chi connectivity index (χ3v) is 2.66. The summed E-state index contributed by atoms with van der Waals surface area (Å²) in [5.74, 6) is -0.513. The number of benzene rings is 1. The second-order valence-electron chi connectivity index (χ2n) is 3.55. The summed E-state index contributed by atoms with van der Waals surface area (Å²) in [6.45, 7) is 1.80. The van der Waals surface area contributed by atoms with Crippen LogP contribution in [0, 0.1) is 6.92 Å². The average molecular weight is 309 g/mol. The second-order valence-corrected chi connectivity index (χ2v) is 4.46. The first-order valence-corrected chi connectivity index (χ1v) is 5.85. The van der Waals surface area contributed by atoms with Gasteiger partial charge in [0.15, 0.2) is 0 Å². The van der Waals surface area contributed by atoms with E-state index in [2.05, 4.69) is 25.9 Å². The van der Waals surface area contributed by atoms with Gasteiger partial charge in [-0.25, -0.2) is 14.8 Å². The predicted molar refractivity (Wildman–Crippen MR) is 67.9 cm³/mol.